The molecule has 0 N–H and O–H groups in total. The fraction of sp³-hybridized carbons (Fsp3) is 0.600. The van der Waals surface area contributed by atoms with Gasteiger partial charge in [0.1, 0.15) is 0 Å². The lowest BCUT2D eigenvalue weighted by molar-refractivity contribution is 0.248. The summed E-state index contributed by atoms with van der Waals surface area (Å²) < 4.78 is 1.11. The Kier molecular flexibility index (Phi) is 4.35. The van der Waals surface area contributed by atoms with E-state index in [2.05, 4.69) is 43.9 Å². The smallest absolute Gasteiger partial charge is 0.0494 e. The highest BCUT2D eigenvalue weighted by Crippen LogP contribution is 2.31. The molecule has 1 aromatic carbocycles. The predicted molar refractivity (Wildman–Crippen MR) is 85.1 cm³/mol. The van der Waals surface area contributed by atoms with Gasteiger partial charge in [-0.1, -0.05) is 15.9 Å². The summed E-state index contributed by atoms with van der Waals surface area (Å²) in [5.41, 5.74) is 2.54. The second kappa shape index (κ2) is 6.02. The number of rotatable bonds is 4. The fourth-order valence-electron chi connectivity index (χ4n) is 2.81. The van der Waals surface area contributed by atoms with Crippen molar-refractivity contribution in [3.05, 3.63) is 28.2 Å². The molecule has 0 unspecified atom stereocenters. The standard InChI is InChI=1S/C15H20BrClN2/c16-14-3-4-15(13(9-14)10-17)19-7-5-18(6-8-19)11-12-1-2-12/h3-4,9,12H,1-2,5-8,10-11H2. The van der Waals surface area contributed by atoms with Crippen molar-refractivity contribution in [3.63, 3.8) is 0 Å². The van der Waals surface area contributed by atoms with Crippen LogP contribution in [0.2, 0.25) is 0 Å². The number of benzene rings is 1. The first-order chi connectivity index (χ1) is 9.26. The SMILES string of the molecule is ClCc1cc(Br)ccc1N1CCN(CC2CC2)CC1. The molecule has 0 aromatic heterocycles. The van der Waals surface area contributed by atoms with Gasteiger partial charge in [0, 0.05) is 48.8 Å². The second-order valence-corrected chi connectivity index (χ2v) is 6.82. The molecule has 1 aliphatic heterocycles. The molecule has 2 aliphatic rings. The molecule has 2 nitrogen and oxygen atoms in total. The molecular formula is C15H20BrClN2. The molecule has 1 saturated carbocycles. The molecular weight excluding hydrogens is 324 g/mol. The van der Waals surface area contributed by atoms with Gasteiger partial charge >= 0.3 is 0 Å². The van der Waals surface area contributed by atoms with E-state index in [0.29, 0.717) is 5.88 Å². The average Bonchev–Trinajstić information content (AvgIpc) is 3.24. The van der Waals surface area contributed by atoms with Gasteiger partial charge in [0.2, 0.25) is 0 Å². The summed E-state index contributed by atoms with van der Waals surface area (Å²) in [6.45, 7) is 5.94. The summed E-state index contributed by atoms with van der Waals surface area (Å²) in [6, 6.07) is 6.44. The highest BCUT2D eigenvalue weighted by Gasteiger charge is 2.26. The number of hydrogen-bond donors (Lipinski definition) is 0. The molecule has 1 aliphatic carbocycles. The Hall–Kier alpha value is -0.250. The Balaban J connectivity index is 1.63. The van der Waals surface area contributed by atoms with Crippen molar-refractivity contribution < 1.29 is 0 Å². The lowest BCUT2D eigenvalue weighted by Crippen LogP contribution is -2.47. The summed E-state index contributed by atoms with van der Waals surface area (Å²) in [7, 11) is 0. The molecule has 0 bridgehead atoms. The molecule has 0 radical (unpaired) electrons. The van der Waals surface area contributed by atoms with Crippen LogP contribution in [0.5, 0.6) is 0 Å². The van der Waals surface area contributed by atoms with Crippen LogP contribution in [0.1, 0.15) is 18.4 Å². The van der Waals surface area contributed by atoms with Gasteiger partial charge in [-0.05, 0) is 42.5 Å². The number of nitrogens with zero attached hydrogens (tertiary/aromatic N) is 2. The van der Waals surface area contributed by atoms with Gasteiger partial charge in [-0.15, -0.1) is 11.6 Å². The van der Waals surface area contributed by atoms with Gasteiger partial charge in [0.05, 0.1) is 0 Å². The highest BCUT2D eigenvalue weighted by atomic mass is 79.9. The van der Waals surface area contributed by atoms with E-state index in [1.807, 2.05) is 0 Å². The topological polar surface area (TPSA) is 6.48 Å². The zero-order chi connectivity index (χ0) is 13.2. The molecule has 0 amide bonds. The number of halogens is 2. The quantitative estimate of drug-likeness (QED) is 0.769. The van der Waals surface area contributed by atoms with Crippen LogP contribution < -0.4 is 4.90 Å². The predicted octanol–water partition coefficient (Wildman–Crippen LogP) is 3.72. The van der Waals surface area contributed by atoms with Crippen molar-refractivity contribution in [1.82, 2.24) is 4.90 Å². The molecule has 4 heteroatoms. The molecule has 2 fully saturated rings. The minimum atomic E-state index is 0.580. The van der Waals surface area contributed by atoms with Gasteiger partial charge in [-0.25, -0.2) is 0 Å². The number of anilines is 1. The minimum Gasteiger partial charge on any atom is -0.369 e. The lowest BCUT2D eigenvalue weighted by atomic mass is 10.1. The lowest BCUT2D eigenvalue weighted by Gasteiger charge is -2.37. The average molecular weight is 344 g/mol. The van der Waals surface area contributed by atoms with Crippen LogP contribution in [0.4, 0.5) is 5.69 Å². The third kappa shape index (κ3) is 3.45. The van der Waals surface area contributed by atoms with Crippen molar-refractivity contribution >= 4 is 33.2 Å². The highest BCUT2D eigenvalue weighted by molar-refractivity contribution is 9.10. The molecule has 19 heavy (non-hydrogen) atoms. The Morgan fingerprint density at radius 1 is 1.16 bits per heavy atom. The van der Waals surface area contributed by atoms with Gasteiger partial charge in [0.25, 0.3) is 0 Å². The maximum absolute atomic E-state index is 6.07. The van der Waals surface area contributed by atoms with Crippen LogP contribution in [0.3, 0.4) is 0 Å². The zero-order valence-corrected chi connectivity index (χ0v) is 13.5. The maximum Gasteiger partial charge on any atom is 0.0494 e. The van der Waals surface area contributed by atoms with E-state index in [1.165, 1.54) is 43.7 Å². The van der Waals surface area contributed by atoms with Crippen LogP contribution in [0.25, 0.3) is 0 Å². The molecule has 0 atom stereocenters. The van der Waals surface area contributed by atoms with Crippen LogP contribution >= 0.6 is 27.5 Å². The van der Waals surface area contributed by atoms with E-state index in [9.17, 15) is 0 Å². The van der Waals surface area contributed by atoms with E-state index < -0.39 is 0 Å². The molecule has 104 valence electrons. The normalized spacial score (nSPS) is 20.8. The van der Waals surface area contributed by atoms with Gasteiger partial charge in [0.15, 0.2) is 0 Å². The van der Waals surface area contributed by atoms with Gasteiger partial charge in [-0.2, -0.15) is 0 Å². The largest absolute Gasteiger partial charge is 0.369 e. The van der Waals surface area contributed by atoms with Crippen molar-refractivity contribution in [2.24, 2.45) is 5.92 Å². The number of hydrogen-bond acceptors (Lipinski definition) is 2. The Labute approximate surface area is 128 Å². The Morgan fingerprint density at radius 2 is 1.89 bits per heavy atom. The van der Waals surface area contributed by atoms with Gasteiger partial charge in [-0.3, -0.25) is 4.90 Å². The summed E-state index contributed by atoms with van der Waals surface area (Å²) >= 11 is 9.59. The van der Waals surface area contributed by atoms with E-state index in [-0.39, 0.29) is 0 Å². The van der Waals surface area contributed by atoms with Crippen LogP contribution in [-0.4, -0.2) is 37.6 Å². The van der Waals surface area contributed by atoms with E-state index in [4.69, 9.17) is 11.6 Å². The van der Waals surface area contributed by atoms with Crippen LogP contribution in [0.15, 0.2) is 22.7 Å². The first-order valence-corrected chi connectivity index (χ1v) is 8.40. The molecule has 3 rings (SSSR count). The minimum absolute atomic E-state index is 0.580. The van der Waals surface area contributed by atoms with E-state index >= 15 is 0 Å². The number of piperazine rings is 1. The number of alkyl halides is 1. The zero-order valence-electron chi connectivity index (χ0n) is 11.1. The third-order valence-corrected chi connectivity index (χ3v) is 4.89. The van der Waals surface area contributed by atoms with Crippen molar-refractivity contribution in [2.75, 3.05) is 37.6 Å². The molecule has 0 spiro atoms. The Bertz CT molecular complexity index is 440. The molecule has 1 heterocycles. The summed E-state index contributed by atoms with van der Waals surface area (Å²) in [5.74, 6) is 1.58. The first-order valence-electron chi connectivity index (χ1n) is 7.08. The molecule has 1 aromatic rings. The van der Waals surface area contributed by atoms with E-state index in [1.54, 1.807) is 0 Å². The van der Waals surface area contributed by atoms with Crippen molar-refractivity contribution in [1.29, 1.82) is 0 Å². The summed E-state index contributed by atoms with van der Waals surface area (Å²) in [6.07, 6.45) is 2.90. The molecule has 1 saturated heterocycles. The second-order valence-electron chi connectivity index (χ2n) is 5.64. The van der Waals surface area contributed by atoms with Crippen molar-refractivity contribution in [2.45, 2.75) is 18.7 Å². The monoisotopic (exact) mass is 342 g/mol. The van der Waals surface area contributed by atoms with E-state index in [0.717, 1.165) is 23.5 Å². The summed E-state index contributed by atoms with van der Waals surface area (Å²) in [5, 5.41) is 0. The van der Waals surface area contributed by atoms with Crippen LogP contribution in [0, 0.1) is 5.92 Å². The first kappa shape index (κ1) is 13.7. The Morgan fingerprint density at radius 3 is 2.53 bits per heavy atom. The third-order valence-electron chi connectivity index (χ3n) is 4.11. The summed E-state index contributed by atoms with van der Waals surface area (Å²) in [4.78, 5) is 5.10. The maximum atomic E-state index is 6.07. The van der Waals surface area contributed by atoms with Gasteiger partial charge < -0.3 is 4.90 Å². The fourth-order valence-corrected chi connectivity index (χ4v) is 3.43. The van der Waals surface area contributed by atoms with Crippen LogP contribution in [-0.2, 0) is 5.88 Å². The van der Waals surface area contributed by atoms with Crippen molar-refractivity contribution in [3.8, 4) is 0 Å².